The zero-order valence-corrected chi connectivity index (χ0v) is 14.8. The standard InChI is InChI=1S/C15H18N4O5S/c1-6-7(2)17-15(16-6)18-10-12(21)19-11(14(22)23)9(4-24-8(3)20)5-25-13(10)19/h10,13H,4-5H2,1-3H3,(H,22,23)(H2,16,17,18)/t10?,13-/m1/s1. The van der Waals surface area contributed by atoms with Crippen LogP contribution in [0.1, 0.15) is 18.3 Å². The van der Waals surface area contributed by atoms with Crippen molar-refractivity contribution in [2.75, 3.05) is 17.7 Å². The molecule has 1 fully saturated rings. The van der Waals surface area contributed by atoms with Gasteiger partial charge in [0.2, 0.25) is 5.95 Å². The number of carbonyl (C=O) groups is 3. The molecule has 10 heteroatoms. The minimum Gasteiger partial charge on any atom is -0.477 e. The number of aromatic nitrogens is 2. The number of rotatable bonds is 5. The van der Waals surface area contributed by atoms with Crippen LogP contribution in [-0.2, 0) is 19.1 Å². The second kappa shape index (κ2) is 6.43. The average molecular weight is 366 g/mol. The first-order valence-electron chi connectivity index (χ1n) is 7.62. The molecule has 3 rings (SSSR count). The monoisotopic (exact) mass is 366 g/mol. The summed E-state index contributed by atoms with van der Waals surface area (Å²) in [4.78, 5) is 43.7. The molecule has 0 aromatic carbocycles. The van der Waals surface area contributed by atoms with Gasteiger partial charge in [-0.2, -0.15) is 0 Å². The van der Waals surface area contributed by atoms with Crippen molar-refractivity contribution in [2.45, 2.75) is 32.2 Å². The maximum Gasteiger partial charge on any atom is 0.352 e. The van der Waals surface area contributed by atoms with Crippen LogP contribution in [-0.4, -0.2) is 61.6 Å². The number of esters is 1. The van der Waals surface area contributed by atoms with Gasteiger partial charge in [-0.1, -0.05) is 0 Å². The summed E-state index contributed by atoms with van der Waals surface area (Å²) < 4.78 is 4.90. The summed E-state index contributed by atoms with van der Waals surface area (Å²) in [5, 5.41) is 12.2. The minimum atomic E-state index is -1.20. The molecular weight excluding hydrogens is 348 g/mol. The molecule has 2 atom stereocenters. The topological polar surface area (TPSA) is 125 Å². The van der Waals surface area contributed by atoms with E-state index >= 15 is 0 Å². The van der Waals surface area contributed by atoms with Gasteiger partial charge >= 0.3 is 11.9 Å². The number of carbonyl (C=O) groups excluding carboxylic acids is 2. The molecule has 1 amide bonds. The number of aryl methyl sites for hydroxylation is 2. The highest BCUT2D eigenvalue weighted by atomic mass is 32.2. The SMILES string of the molecule is CC(=O)OCC1=C(C(=O)O)N2C(=O)C(Nc3nc(C)c(C)[nH]3)[C@H]2SC1. The van der Waals surface area contributed by atoms with Crippen LogP contribution in [0, 0.1) is 13.8 Å². The van der Waals surface area contributed by atoms with Crippen LogP contribution in [0.15, 0.2) is 11.3 Å². The summed E-state index contributed by atoms with van der Waals surface area (Å²) in [6, 6.07) is -0.556. The van der Waals surface area contributed by atoms with E-state index in [9.17, 15) is 19.5 Å². The highest BCUT2D eigenvalue weighted by Crippen LogP contribution is 2.41. The van der Waals surface area contributed by atoms with Crippen molar-refractivity contribution >= 4 is 35.6 Å². The fraction of sp³-hybridized carbons (Fsp3) is 0.467. The van der Waals surface area contributed by atoms with Crippen molar-refractivity contribution in [3.63, 3.8) is 0 Å². The number of ether oxygens (including phenoxy) is 1. The Morgan fingerprint density at radius 2 is 2.20 bits per heavy atom. The van der Waals surface area contributed by atoms with E-state index in [1.165, 1.54) is 23.6 Å². The maximum atomic E-state index is 12.5. The summed E-state index contributed by atoms with van der Waals surface area (Å²) in [5.74, 6) is -1.19. The van der Waals surface area contributed by atoms with E-state index in [0.29, 0.717) is 17.3 Å². The Kier molecular flexibility index (Phi) is 4.46. The smallest absolute Gasteiger partial charge is 0.352 e. The van der Waals surface area contributed by atoms with Gasteiger partial charge in [-0.05, 0) is 13.8 Å². The first-order valence-corrected chi connectivity index (χ1v) is 8.67. The van der Waals surface area contributed by atoms with Crippen LogP contribution in [0.5, 0.6) is 0 Å². The molecule has 1 aromatic heterocycles. The molecule has 9 nitrogen and oxygen atoms in total. The number of nitrogens with zero attached hydrogens (tertiary/aromatic N) is 2. The van der Waals surface area contributed by atoms with E-state index in [-0.39, 0.29) is 23.6 Å². The van der Waals surface area contributed by atoms with Crippen LogP contribution in [0.25, 0.3) is 0 Å². The number of aliphatic carboxylic acids is 1. The minimum absolute atomic E-state index is 0.0974. The first-order chi connectivity index (χ1) is 11.8. The van der Waals surface area contributed by atoms with Crippen molar-refractivity contribution in [2.24, 2.45) is 0 Å². The largest absolute Gasteiger partial charge is 0.477 e. The number of carboxylic acids is 1. The van der Waals surface area contributed by atoms with E-state index in [0.717, 1.165) is 11.4 Å². The second-order valence-electron chi connectivity index (χ2n) is 5.87. The number of anilines is 1. The molecule has 1 unspecified atom stereocenters. The quantitative estimate of drug-likeness (QED) is 0.512. The molecule has 3 N–H and O–H groups in total. The molecule has 0 saturated carbocycles. The highest BCUT2D eigenvalue weighted by molar-refractivity contribution is 8.00. The zero-order chi connectivity index (χ0) is 18.3. The van der Waals surface area contributed by atoms with Crippen LogP contribution in [0.3, 0.4) is 0 Å². The summed E-state index contributed by atoms with van der Waals surface area (Å²) >= 11 is 1.42. The molecule has 3 heterocycles. The van der Waals surface area contributed by atoms with Gasteiger partial charge in [-0.15, -0.1) is 11.8 Å². The molecule has 0 radical (unpaired) electrons. The number of H-pyrrole nitrogens is 1. The van der Waals surface area contributed by atoms with Crippen LogP contribution >= 0.6 is 11.8 Å². The van der Waals surface area contributed by atoms with Crippen molar-refractivity contribution in [1.82, 2.24) is 14.9 Å². The van der Waals surface area contributed by atoms with Crippen molar-refractivity contribution in [3.05, 3.63) is 22.7 Å². The molecule has 1 aromatic rings. The fourth-order valence-electron chi connectivity index (χ4n) is 2.75. The number of nitrogens with one attached hydrogen (secondary N) is 2. The number of β-lactam (4-membered cyclic amide) rings is 1. The Morgan fingerprint density at radius 1 is 1.48 bits per heavy atom. The highest BCUT2D eigenvalue weighted by Gasteiger charge is 2.54. The molecule has 0 spiro atoms. The second-order valence-corrected chi connectivity index (χ2v) is 6.97. The fourth-order valence-corrected chi connectivity index (χ4v) is 4.07. The molecule has 0 aliphatic carbocycles. The molecule has 25 heavy (non-hydrogen) atoms. The van der Waals surface area contributed by atoms with Crippen LogP contribution in [0.2, 0.25) is 0 Å². The van der Waals surface area contributed by atoms with Crippen molar-refractivity contribution in [3.8, 4) is 0 Å². The summed E-state index contributed by atoms with van der Waals surface area (Å²) in [5.41, 5.74) is 2.05. The van der Waals surface area contributed by atoms with Crippen molar-refractivity contribution in [1.29, 1.82) is 0 Å². The number of hydrogen-bond donors (Lipinski definition) is 3. The lowest BCUT2D eigenvalue weighted by Crippen LogP contribution is -2.67. The third-order valence-corrected chi connectivity index (χ3v) is 5.46. The lowest BCUT2D eigenvalue weighted by atomic mass is 10.0. The summed E-state index contributed by atoms with van der Waals surface area (Å²) in [6.07, 6.45) is 0. The van der Waals surface area contributed by atoms with Gasteiger partial charge in [0.25, 0.3) is 5.91 Å². The Labute approximate surface area is 147 Å². The number of imidazole rings is 1. The number of carboxylic acid groups (broad SMARTS) is 1. The van der Waals surface area contributed by atoms with Crippen molar-refractivity contribution < 1.29 is 24.2 Å². The van der Waals surface area contributed by atoms with Crippen LogP contribution < -0.4 is 5.32 Å². The van der Waals surface area contributed by atoms with Gasteiger partial charge in [0.1, 0.15) is 23.7 Å². The first kappa shape index (κ1) is 17.3. The number of aromatic amines is 1. The molecule has 2 aliphatic heterocycles. The van der Waals surface area contributed by atoms with E-state index in [1.54, 1.807) is 0 Å². The Bertz CT molecular complexity index is 767. The van der Waals surface area contributed by atoms with Crippen LogP contribution in [0.4, 0.5) is 5.95 Å². The lowest BCUT2D eigenvalue weighted by molar-refractivity contribution is -0.147. The molecule has 0 bridgehead atoms. The van der Waals surface area contributed by atoms with Gasteiger partial charge in [0.15, 0.2) is 0 Å². The Balaban J connectivity index is 1.79. The van der Waals surface area contributed by atoms with Gasteiger partial charge in [0.05, 0.1) is 5.69 Å². The molecule has 134 valence electrons. The summed E-state index contributed by atoms with van der Waals surface area (Å²) in [6.45, 7) is 4.86. The Hall–Kier alpha value is -2.49. The number of thioether (sulfide) groups is 1. The molecule has 1 saturated heterocycles. The Morgan fingerprint density at radius 3 is 2.76 bits per heavy atom. The predicted molar refractivity (Wildman–Crippen MR) is 89.9 cm³/mol. The lowest BCUT2D eigenvalue weighted by Gasteiger charge is -2.49. The number of fused-ring (bicyclic) bond motifs is 1. The normalized spacial score (nSPS) is 22.4. The number of hydrogen-bond acceptors (Lipinski definition) is 7. The average Bonchev–Trinajstić information content (AvgIpc) is 2.87. The van der Waals surface area contributed by atoms with E-state index in [4.69, 9.17) is 4.74 Å². The summed E-state index contributed by atoms with van der Waals surface area (Å²) in [7, 11) is 0. The maximum absolute atomic E-state index is 12.5. The third-order valence-electron chi connectivity index (χ3n) is 4.12. The van der Waals surface area contributed by atoms with E-state index < -0.39 is 18.0 Å². The zero-order valence-electron chi connectivity index (χ0n) is 14.0. The van der Waals surface area contributed by atoms with E-state index in [2.05, 4.69) is 15.3 Å². The molecule has 2 aliphatic rings. The van der Waals surface area contributed by atoms with Gasteiger partial charge in [-0.3, -0.25) is 14.5 Å². The van der Waals surface area contributed by atoms with Gasteiger partial charge in [-0.25, -0.2) is 9.78 Å². The number of amides is 1. The predicted octanol–water partition coefficient (Wildman–Crippen LogP) is 0.624. The third kappa shape index (κ3) is 3.09. The van der Waals surface area contributed by atoms with Gasteiger partial charge < -0.3 is 20.1 Å². The van der Waals surface area contributed by atoms with E-state index in [1.807, 2.05) is 13.8 Å². The molecular formula is C15H18N4O5S. The van der Waals surface area contributed by atoms with Gasteiger partial charge in [0, 0.05) is 23.9 Å².